The van der Waals surface area contributed by atoms with Gasteiger partial charge in [0.1, 0.15) is 5.84 Å². The van der Waals surface area contributed by atoms with Crippen LogP contribution < -0.4 is 5.32 Å². The summed E-state index contributed by atoms with van der Waals surface area (Å²) in [6.07, 6.45) is 2.77. The van der Waals surface area contributed by atoms with Crippen LogP contribution in [-0.2, 0) is 0 Å². The van der Waals surface area contributed by atoms with Crippen LogP contribution in [0, 0.1) is 17.4 Å². The van der Waals surface area contributed by atoms with E-state index in [4.69, 9.17) is 5.26 Å². The molecule has 0 fully saturated rings. The van der Waals surface area contributed by atoms with Gasteiger partial charge in [0.05, 0.1) is 0 Å². The van der Waals surface area contributed by atoms with Crippen LogP contribution in [-0.4, -0.2) is 12.4 Å². The van der Waals surface area contributed by atoms with Crippen LogP contribution in [0.4, 0.5) is 0 Å². The van der Waals surface area contributed by atoms with Gasteiger partial charge < -0.3 is 0 Å². The van der Waals surface area contributed by atoms with Gasteiger partial charge in [0.15, 0.2) is 6.19 Å². The molecule has 1 unspecified atom stereocenters. The first kappa shape index (κ1) is 6.09. The number of aliphatic imine (C=N–C) groups is 1. The summed E-state index contributed by atoms with van der Waals surface area (Å²) in [5.74, 6) is 1.45. The maximum atomic E-state index is 8.17. The average molecular weight is 123 g/mol. The van der Waals surface area contributed by atoms with Crippen LogP contribution in [0.1, 0.15) is 13.3 Å². The van der Waals surface area contributed by atoms with Crippen molar-refractivity contribution >= 4 is 5.84 Å². The molecule has 1 rings (SSSR count). The Morgan fingerprint density at radius 2 is 2.67 bits per heavy atom. The van der Waals surface area contributed by atoms with Gasteiger partial charge in [-0.15, -0.1) is 0 Å². The van der Waals surface area contributed by atoms with Gasteiger partial charge in [-0.3, -0.25) is 10.3 Å². The Morgan fingerprint density at radius 3 is 3.11 bits per heavy atom. The lowest BCUT2D eigenvalue weighted by atomic mass is 10.1. The molecule has 0 bridgehead atoms. The Balaban J connectivity index is 2.38. The van der Waals surface area contributed by atoms with Crippen molar-refractivity contribution in [3.05, 3.63) is 0 Å². The molecule has 1 heterocycles. The first-order chi connectivity index (χ1) is 4.33. The SMILES string of the molecule is CC1CN=C(NC#N)C1. The molecule has 1 N–H and O–H groups in total. The van der Waals surface area contributed by atoms with E-state index in [1.54, 1.807) is 0 Å². The predicted molar refractivity (Wildman–Crippen MR) is 34.8 cm³/mol. The van der Waals surface area contributed by atoms with Crippen molar-refractivity contribution in [2.24, 2.45) is 10.9 Å². The Kier molecular flexibility index (Phi) is 1.69. The van der Waals surface area contributed by atoms with Crippen LogP contribution in [0.5, 0.6) is 0 Å². The largest absolute Gasteiger partial charge is 0.281 e. The van der Waals surface area contributed by atoms with Gasteiger partial charge in [0.25, 0.3) is 0 Å². The van der Waals surface area contributed by atoms with Crippen LogP contribution in [0.2, 0.25) is 0 Å². The quantitative estimate of drug-likeness (QED) is 0.376. The molecular formula is C6H9N3. The van der Waals surface area contributed by atoms with E-state index in [9.17, 15) is 0 Å². The fourth-order valence-corrected chi connectivity index (χ4v) is 0.880. The summed E-state index contributed by atoms with van der Waals surface area (Å²) in [6, 6.07) is 0. The predicted octanol–water partition coefficient (Wildman–Crippen LogP) is 0.495. The smallest absolute Gasteiger partial charge is 0.182 e. The molecule has 0 aromatic carbocycles. The van der Waals surface area contributed by atoms with E-state index in [0.717, 1.165) is 18.8 Å². The molecule has 0 saturated carbocycles. The van der Waals surface area contributed by atoms with Gasteiger partial charge in [-0.2, -0.15) is 5.26 Å². The van der Waals surface area contributed by atoms with Crippen LogP contribution in [0.3, 0.4) is 0 Å². The highest BCUT2D eigenvalue weighted by atomic mass is 15.0. The molecule has 0 radical (unpaired) electrons. The lowest BCUT2D eigenvalue weighted by molar-refractivity contribution is 0.662. The fraction of sp³-hybridized carbons (Fsp3) is 0.667. The third-order valence-corrected chi connectivity index (χ3v) is 1.34. The summed E-state index contributed by atoms with van der Waals surface area (Å²) in [5.41, 5.74) is 0. The number of hydrogen-bond acceptors (Lipinski definition) is 3. The van der Waals surface area contributed by atoms with Crippen molar-refractivity contribution < 1.29 is 0 Å². The van der Waals surface area contributed by atoms with Crippen molar-refractivity contribution in [2.45, 2.75) is 13.3 Å². The van der Waals surface area contributed by atoms with E-state index in [-0.39, 0.29) is 0 Å². The minimum atomic E-state index is 0.612. The number of amidine groups is 1. The molecule has 0 aliphatic carbocycles. The minimum absolute atomic E-state index is 0.612. The summed E-state index contributed by atoms with van der Waals surface area (Å²) < 4.78 is 0. The number of rotatable bonds is 0. The second-order valence-corrected chi connectivity index (χ2v) is 2.33. The van der Waals surface area contributed by atoms with Crippen molar-refractivity contribution in [3.63, 3.8) is 0 Å². The Labute approximate surface area is 54.4 Å². The Morgan fingerprint density at radius 1 is 1.89 bits per heavy atom. The van der Waals surface area contributed by atoms with E-state index in [2.05, 4.69) is 17.2 Å². The van der Waals surface area contributed by atoms with Crippen LogP contribution in [0.15, 0.2) is 4.99 Å². The normalized spacial score (nSPS) is 24.9. The summed E-state index contributed by atoms with van der Waals surface area (Å²) in [6.45, 7) is 2.99. The summed E-state index contributed by atoms with van der Waals surface area (Å²) in [5, 5.41) is 10.7. The van der Waals surface area contributed by atoms with Crippen molar-refractivity contribution in [1.82, 2.24) is 5.32 Å². The average Bonchev–Trinajstić information content (AvgIpc) is 2.17. The topological polar surface area (TPSA) is 48.2 Å². The van der Waals surface area contributed by atoms with Gasteiger partial charge in [0.2, 0.25) is 0 Å². The highest BCUT2D eigenvalue weighted by Crippen LogP contribution is 2.09. The van der Waals surface area contributed by atoms with E-state index < -0.39 is 0 Å². The third-order valence-electron chi connectivity index (χ3n) is 1.34. The number of nitrogens with zero attached hydrogens (tertiary/aromatic N) is 2. The molecule has 0 spiro atoms. The third kappa shape index (κ3) is 1.43. The molecule has 9 heavy (non-hydrogen) atoms. The monoisotopic (exact) mass is 123 g/mol. The molecular weight excluding hydrogens is 114 g/mol. The van der Waals surface area contributed by atoms with Gasteiger partial charge in [-0.05, 0) is 5.92 Å². The minimum Gasteiger partial charge on any atom is -0.281 e. The molecule has 0 aromatic heterocycles. The number of nitrogens with one attached hydrogen (secondary N) is 1. The standard InChI is InChI=1S/C6H9N3/c1-5-2-6(8-3-5)9-4-7/h5H,2-3H2,1H3,(H,8,9). The lowest BCUT2D eigenvalue weighted by Crippen LogP contribution is -2.15. The molecule has 0 saturated heterocycles. The maximum Gasteiger partial charge on any atom is 0.182 e. The molecule has 1 aliphatic rings. The zero-order valence-electron chi connectivity index (χ0n) is 5.39. The van der Waals surface area contributed by atoms with E-state index >= 15 is 0 Å². The second kappa shape index (κ2) is 2.49. The zero-order valence-corrected chi connectivity index (χ0v) is 5.39. The summed E-state index contributed by atoms with van der Waals surface area (Å²) >= 11 is 0. The van der Waals surface area contributed by atoms with Gasteiger partial charge in [-0.25, -0.2) is 0 Å². The molecule has 48 valence electrons. The van der Waals surface area contributed by atoms with Crippen LogP contribution in [0.25, 0.3) is 0 Å². The van der Waals surface area contributed by atoms with E-state index in [1.165, 1.54) is 0 Å². The fourth-order valence-electron chi connectivity index (χ4n) is 0.880. The number of hydrogen-bond donors (Lipinski definition) is 1. The van der Waals surface area contributed by atoms with Crippen LogP contribution >= 0.6 is 0 Å². The first-order valence-electron chi connectivity index (χ1n) is 3.01. The molecule has 0 aromatic rings. The summed E-state index contributed by atoms with van der Waals surface area (Å²) in [7, 11) is 0. The Hall–Kier alpha value is -1.04. The maximum absolute atomic E-state index is 8.17. The van der Waals surface area contributed by atoms with Crippen molar-refractivity contribution in [1.29, 1.82) is 5.26 Å². The molecule has 3 heteroatoms. The highest BCUT2D eigenvalue weighted by molar-refractivity contribution is 5.85. The van der Waals surface area contributed by atoms with E-state index in [1.807, 2.05) is 6.19 Å². The van der Waals surface area contributed by atoms with E-state index in [0.29, 0.717) is 5.92 Å². The van der Waals surface area contributed by atoms with Gasteiger partial charge in [-0.1, -0.05) is 6.92 Å². The second-order valence-electron chi connectivity index (χ2n) is 2.33. The molecule has 1 aliphatic heterocycles. The zero-order chi connectivity index (χ0) is 6.69. The lowest BCUT2D eigenvalue weighted by Gasteiger charge is -1.95. The summed E-state index contributed by atoms with van der Waals surface area (Å²) in [4.78, 5) is 4.09. The molecule has 1 atom stereocenters. The molecule has 3 nitrogen and oxygen atoms in total. The van der Waals surface area contributed by atoms with Crippen molar-refractivity contribution in [3.8, 4) is 6.19 Å². The highest BCUT2D eigenvalue weighted by Gasteiger charge is 2.12. The number of nitriles is 1. The Bertz CT molecular complexity index is 166. The van der Waals surface area contributed by atoms with Crippen molar-refractivity contribution in [2.75, 3.05) is 6.54 Å². The molecule has 0 amide bonds. The van der Waals surface area contributed by atoms with Gasteiger partial charge >= 0.3 is 0 Å². The van der Waals surface area contributed by atoms with Gasteiger partial charge in [0, 0.05) is 13.0 Å². The first-order valence-corrected chi connectivity index (χ1v) is 3.01.